The van der Waals surface area contributed by atoms with E-state index >= 15 is 0 Å². The maximum absolute atomic E-state index is 12.4. The van der Waals surface area contributed by atoms with Gasteiger partial charge in [0.25, 0.3) is 0 Å². The average molecular weight is 429 g/mol. The van der Waals surface area contributed by atoms with Gasteiger partial charge >= 0.3 is 0 Å². The molecule has 0 aliphatic rings. The van der Waals surface area contributed by atoms with Crippen molar-refractivity contribution < 1.29 is 17.7 Å². The van der Waals surface area contributed by atoms with Crippen molar-refractivity contribution in [2.75, 3.05) is 17.1 Å². The molecule has 158 valence electrons. The standard InChI is InChI=1S/C21H24N4O4S/c1-4-16-8-10-18(11-9-16)25(30(3,27)28)14-19(26)22-13-20-23-21(24-29-20)17-7-5-6-15(2)12-17/h5-12H,4,13-14H2,1-3H3,(H,22,26). The fourth-order valence-electron chi connectivity index (χ4n) is 2.89. The number of carbonyl (C=O) groups excluding carboxylic acids is 1. The molecule has 1 aromatic heterocycles. The second-order valence-corrected chi connectivity index (χ2v) is 8.85. The molecule has 3 rings (SSSR count). The van der Waals surface area contributed by atoms with Crippen LogP contribution in [0.2, 0.25) is 0 Å². The fraction of sp³-hybridized carbons (Fsp3) is 0.286. The largest absolute Gasteiger partial charge is 0.345 e. The zero-order chi connectivity index (χ0) is 21.7. The first-order valence-corrected chi connectivity index (χ1v) is 11.3. The molecule has 3 aromatic rings. The van der Waals surface area contributed by atoms with E-state index < -0.39 is 15.9 Å². The number of anilines is 1. The Hall–Kier alpha value is -3.20. The van der Waals surface area contributed by atoms with E-state index in [4.69, 9.17) is 4.52 Å². The molecule has 1 heterocycles. The molecular formula is C21H24N4O4S. The monoisotopic (exact) mass is 428 g/mol. The van der Waals surface area contributed by atoms with Crippen LogP contribution < -0.4 is 9.62 Å². The molecule has 0 saturated carbocycles. The Labute approximate surface area is 176 Å². The first kappa shape index (κ1) is 21.5. The predicted octanol–water partition coefficient (Wildman–Crippen LogP) is 2.69. The summed E-state index contributed by atoms with van der Waals surface area (Å²) in [5.41, 5.74) is 3.40. The topological polar surface area (TPSA) is 105 Å². The lowest BCUT2D eigenvalue weighted by Gasteiger charge is -2.22. The van der Waals surface area contributed by atoms with E-state index in [0.717, 1.165) is 33.7 Å². The van der Waals surface area contributed by atoms with Gasteiger partial charge in [-0.3, -0.25) is 9.10 Å². The van der Waals surface area contributed by atoms with Gasteiger partial charge < -0.3 is 9.84 Å². The van der Waals surface area contributed by atoms with Crippen molar-refractivity contribution in [3.8, 4) is 11.4 Å². The molecule has 0 spiro atoms. The van der Waals surface area contributed by atoms with E-state index in [9.17, 15) is 13.2 Å². The third-order valence-electron chi connectivity index (χ3n) is 4.50. The molecule has 0 unspecified atom stereocenters. The van der Waals surface area contributed by atoms with Gasteiger partial charge in [0.1, 0.15) is 6.54 Å². The third-order valence-corrected chi connectivity index (χ3v) is 5.64. The van der Waals surface area contributed by atoms with Gasteiger partial charge in [-0.25, -0.2) is 8.42 Å². The number of rotatable bonds is 8. The van der Waals surface area contributed by atoms with Crippen molar-refractivity contribution in [2.45, 2.75) is 26.8 Å². The van der Waals surface area contributed by atoms with Crippen LogP contribution in [0.4, 0.5) is 5.69 Å². The zero-order valence-corrected chi connectivity index (χ0v) is 17.9. The van der Waals surface area contributed by atoms with Crippen LogP contribution in [0.5, 0.6) is 0 Å². The highest BCUT2D eigenvalue weighted by molar-refractivity contribution is 7.92. The number of aromatic nitrogens is 2. The van der Waals surface area contributed by atoms with E-state index in [1.807, 2.05) is 50.2 Å². The smallest absolute Gasteiger partial charge is 0.246 e. The number of hydrogen-bond acceptors (Lipinski definition) is 6. The fourth-order valence-corrected chi connectivity index (χ4v) is 3.74. The van der Waals surface area contributed by atoms with E-state index in [-0.39, 0.29) is 19.0 Å². The van der Waals surface area contributed by atoms with Crippen molar-refractivity contribution in [3.05, 3.63) is 65.5 Å². The highest BCUT2D eigenvalue weighted by Gasteiger charge is 2.21. The first-order valence-electron chi connectivity index (χ1n) is 9.49. The number of amides is 1. The van der Waals surface area contributed by atoms with Crippen LogP contribution in [0.25, 0.3) is 11.4 Å². The Kier molecular flexibility index (Phi) is 6.51. The number of sulfonamides is 1. The summed E-state index contributed by atoms with van der Waals surface area (Å²) in [5, 5.41) is 6.55. The number of hydrogen-bond donors (Lipinski definition) is 1. The average Bonchev–Trinajstić information content (AvgIpc) is 3.19. The summed E-state index contributed by atoms with van der Waals surface area (Å²) >= 11 is 0. The molecule has 0 saturated heterocycles. The van der Waals surface area contributed by atoms with E-state index in [2.05, 4.69) is 15.5 Å². The zero-order valence-electron chi connectivity index (χ0n) is 17.1. The molecule has 0 aliphatic carbocycles. The lowest BCUT2D eigenvalue weighted by atomic mass is 10.1. The molecule has 0 bridgehead atoms. The Morgan fingerprint density at radius 3 is 2.53 bits per heavy atom. The third kappa shape index (κ3) is 5.44. The van der Waals surface area contributed by atoms with Gasteiger partial charge in [-0.05, 0) is 37.1 Å². The molecule has 30 heavy (non-hydrogen) atoms. The molecule has 1 N–H and O–H groups in total. The van der Waals surface area contributed by atoms with E-state index in [1.54, 1.807) is 12.1 Å². The minimum absolute atomic E-state index is 0.00399. The normalized spacial score (nSPS) is 11.3. The van der Waals surface area contributed by atoms with Crippen LogP contribution in [0.3, 0.4) is 0 Å². The second-order valence-electron chi connectivity index (χ2n) is 6.95. The van der Waals surface area contributed by atoms with Gasteiger partial charge in [0.2, 0.25) is 27.6 Å². The van der Waals surface area contributed by atoms with Gasteiger partial charge in [-0.15, -0.1) is 0 Å². The minimum Gasteiger partial charge on any atom is -0.345 e. The van der Waals surface area contributed by atoms with Gasteiger partial charge in [-0.2, -0.15) is 4.98 Å². The Balaban J connectivity index is 1.65. The summed E-state index contributed by atoms with van der Waals surface area (Å²) in [6.07, 6.45) is 1.91. The maximum Gasteiger partial charge on any atom is 0.246 e. The van der Waals surface area contributed by atoms with Crippen LogP contribution in [-0.2, 0) is 27.8 Å². The van der Waals surface area contributed by atoms with Crippen LogP contribution >= 0.6 is 0 Å². The van der Waals surface area contributed by atoms with Crippen molar-refractivity contribution >= 4 is 21.6 Å². The van der Waals surface area contributed by atoms with Crippen LogP contribution in [0.15, 0.2) is 53.1 Å². The predicted molar refractivity (Wildman–Crippen MR) is 114 cm³/mol. The Morgan fingerprint density at radius 2 is 1.90 bits per heavy atom. The first-order chi connectivity index (χ1) is 14.3. The van der Waals surface area contributed by atoms with Crippen molar-refractivity contribution in [2.24, 2.45) is 0 Å². The minimum atomic E-state index is -3.63. The summed E-state index contributed by atoms with van der Waals surface area (Å²) in [6, 6.07) is 14.7. The van der Waals surface area contributed by atoms with Crippen LogP contribution in [0, 0.1) is 6.92 Å². The summed E-state index contributed by atoms with van der Waals surface area (Å²) in [7, 11) is -3.63. The lowest BCUT2D eigenvalue weighted by Crippen LogP contribution is -2.40. The number of nitrogens with one attached hydrogen (secondary N) is 1. The summed E-state index contributed by atoms with van der Waals surface area (Å²) in [4.78, 5) is 16.7. The molecule has 2 aromatic carbocycles. The number of carbonyl (C=O) groups is 1. The van der Waals surface area contributed by atoms with Crippen LogP contribution in [-0.4, -0.2) is 37.3 Å². The molecule has 1 amide bonds. The van der Waals surface area contributed by atoms with E-state index in [0.29, 0.717) is 11.5 Å². The van der Waals surface area contributed by atoms with Crippen molar-refractivity contribution in [3.63, 3.8) is 0 Å². The SMILES string of the molecule is CCc1ccc(N(CC(=O)NCc2nc(-c3cccc(C)c3)no2)S(C)(=O)=O)cc1. The second kappa shape index (κ2) is 9.08. The van der Waals surface area contributed by atoms with Gasteiger partial charge in [0.15, 0.2) is 0 Å². The summed E-state index contributed by atoms with van der Waals surface area (Å²) in [6.45, 7) is 3.64. The van der Waals surface area contributed by atoms with Crippen LogP contribution in [0.1, 0.15) is 23.9 Å². The summed E-state index contributed by atoms with van der Waals surface area (Å²) in [5.74, 6) is 0.185. The molecule has 0 aliphatic heterocycles. The molecule has 0 radical (unpaired) electrons. The van der Waals surface area contributed by atoms with Gasteiger partial charge in [0, 0.05) is 5.56 Å². The summed E-state index contributed by atoms with van der Waals surface area (Å²) < 4.78 is 30.6. The quantitative estimate of drug-likeness (QED) is 0.591. The van der Waals surface area contributed by atoms with Crippen molar-refractivity contribution in [1.29, 1.82) is 0 Å². The highest BCUT2D eigenvalue weighted by Crippen LogP contribution is 2.19. The lowest BCUT2D eigenvalue weighted by molar-refractivity contribution is -0.119. The molecule has 0 atom stereocenters. The maximum atomic E-state index is 12.4. The number of nitrogens with zero attached hydrogens (tertiary/aromatic N) is 3. The van der Waals surface area contributed by atoms with E-state index in [1.165, 1.54) is 0 Å². The molecule has 0 fully saturated rings. The molecule has 9 heteroatoms. The number of benzene rings is 2. The Bertz CT molecular complexity index is 1120. The molecule has 8 nitrogen and oxygen atoms in total. The van der Waals surface area contributed by atoms with Gasteiger partial charge in [0.05, 0.1) is 18.5 Å². The van der Waals surface area contributed by atoms with Gasteiger partial charge in [-0.1, -0.05) is 48.0 Å². The van der Waals surface area contributed by atoms with Crippen molar-refractivity contribution in [1.82, 2.24) is 15.5 Å². The highest BCUT2D eigenvalue weighted by atomic mass is 32.2. The number of aryl methyl sites for hydroxylation is 2. The molecular weight excluding hydrogens is 404 g/mol. The Morgan fingerprint density at radius 1 is 1.17 bits per heavy atom.